The summed E-state index contributed by atoms with van der Waals surface area (Å²) in [5.41, 5.74) is 12.5. The summed E-state index contributed by atoms with van der Waals surface area (Å²) in [6, 6.07) is 57.0. The molecule has 0 amide bonds. The number of nitriles is 1. The van der Waals surface area contributed by atoms with E-state index in [4.69, 9.17) is 15.0 Å². The number of rotatable bonds is 5. The van der Waals surface area contributed by atoms with E-state index in [1.54, 1.807) is 0 Å². The average Bonchev–Trinajstić information content (AvgIpc) is 3.43. The predicted octanol–water partition coefficient (Wildman–Crippen LogP) is 11.5. The van der Waals surface area contributed by atoms with Crippen LogP contribution in [0, 0.1) is 11.3 Å². The SMILES string of the molecule is CC1(C)c2cc(-c3ccc(-c4c(-c5nc(-c6ccccc6)nc(-c6ccccc6)n5)ccc5ccccc45)cc3)ccc2-c2cccc(C#N)c21. The summed E-state index contributed by atoms with van der Waals surface area (Å²) in [6.45, 7) is 4.45. The molecule has 9 rings (SSSR count). The topological polar surface area (TPSA) is 62.5 Å². The summed E-state index contributed by atoms with van der Waals surface area (Å²) < 4.78 is 0. The zero-order valence-electron chi connectivity index (χ0n) is 28.3. The van der Waals surface area contributed by atoms with Crippen LogP contribution in [0.15, 0.2) is 158 Å². The predicted molar refractivity (Wildman–Crippen MR) is 207 cm³/mol. The zero-order chi connectivity index (χ0) is 34.5. The van der Waals surface area contributed by atoms with Gasteiger partial charge >= 0.3 is 0 Å². The molecule has 7 aromatic carbocycles. The molecule has 1 aliphatic carbocycles. The van der Waals surface area contributed by atoms with Crippen LogP contribution in [0.3, 0.4) is 0 Å². The molecule has 0 bridgehead atoms. The van der Waals surface area contributed by atoms with Crippen LogP contribution in [0.25, 0.3) is 78.3 Å². The van der Waals surface area contributed by atoms with E-state index < -0.39 is 0 Å². The number of nitrogens with zero attached hydrogens (tertiary/aromatic N) is 4. The Morgan fingerprint density at radius 3 is 1.75 bits per heavy atom. The summed E-state index contributed by atoms with van der Waals surface area (Å²) in [4.78, 5) is 15.1. The normalized spacial score (nSPS) is 12.6. The van der Waals surface area contributed by atoms with Gasteiger partial charge in [-0.05, 0) is 67.9 Å². The fourth-order valence-corrected chi connectivity index (χ4v) is 7.68. The monoisotopic (exact) mass is 652 g/mol. The van der Waals surface area contributed by atoms with E-state index >= 15 is 0 Å². The Bertz CT molecular complexity index is 2600. The van der Waals surface area contributed by atoms with Gasteiger partial charge in [0.15, 0.2) is 17.5 Å². The van der Waals surface area contributed by atoms with E-state index in [9.17, 15) is 5.26 Å². The molecule has 0 spiro atoms. The van der Waals surface area contributed by atoms with Gasteiger partial charge in [-0.1, -0.05) is 153 Å². The van der Waals surface area contributed by atoms with Gasteiger partial charge in [-0.15, -0.1) is 0 Å². The number of hydrogen-bond acceptors (Lipinski definition) is 4. The minimum atomic E-state index is -0.271. The first-order valence-electron chi connectivity index (χ1n) is 17.2. The minimum Gasteiger partial charge on any atom is -0.208 e. The molecule has 8 aromatic rings. The number of benzene rings is 7. The largest absolute Gasteiger partial charge is 0.208 e. The first kappa shape index (κ1) is 30.4. The van der Waals surface area contributed by atoms with Crippen molar-refractivity contribution in [3.8, 4) is 73.6 Å². The molecule has 0 radical (unpaired) electrons. The second-order valence-corrected chi connectivity index (χ2v) is 13.6. The van der Waals surface area contributed by atoms with Crippen molar-refractivity contribution in [3.05, 3.63) is 174 Å². The molecule has 0 N–H and O–H groups in total. The Morgan fingerprint density at radius 1 is 0.471 bits per heavy atom. The summed E-state index contributed by atoms with van der Waals surface area (Å²) in [5.74, 6) is 1.90. The highest BCUT2D eigenvalue weighted by molar-refractivity contribution is 6.03. The van der Waals surface area contributed by atoms with Gasteiger partial charge in [0.25, 0.3) is 0 Å². The summed E-state index contributed by atoms with van der Waals surface area (Å²) in [6.07, 6.45) is 0. The van der Waals surface area contributed by atoms with Crippen molar-refractivity contribution in [1.29, 1.82) is 5.26 Å². The third kappa shape index (κ3) is 5.10. The van der Waals surface area contributed by atoms with Crippen LogP contribution in [0.4, 0.5) is 0 Å². The van der Waals surface area contributed by atoms with E-state index in [2.05, 4.69) is 105 Å². The molecule has 0 unspecified atom stereocenters. The molecule has 51 heavy (non-hydrogen) atoms. The molecule has 0 fully saturated rings. The van der Waals surface area contributed by atoms with Crippen molar-refractivity contribution >= 4 is 10.8 Å². The van der Waals surface area contributed by atoms with Crippen LogP contribution in [-0.4, -0.2) is 15.0 Å². The first-order valence-corrected chi connectivity index (χ1v) is 17.2. The van der Waals surface area contributed by atoms with Gasteiger partial charge < -0.3 is 0 Å². The van der Waals surface area contributed by atoms with Crippen molar-refractivity contribution in [2.45, 2.75) is 19.3 Å². The molecule has 1 heterocycles. The zero-order valence-corrected chi connectivity index (χ0v) is 28.3. The maximum absolute atomic E-state index is 9.89. The van der Waals surface area contributed by atoms with E-state index in [-0.39, 0.29) is 5.41 Å². The van der Waals surface area contributed by atoms with Gasteiger partial charge in [0, 0.05) is 27.7 Å². The molecule has 1 aliphatic rings. The minimum absolute atomic E-state index is 0.271. The maximum Gasteiger partial charge on any atom is 0.164 e. The van der Waals surface area contributed by atoms with Crippen LogP contribution in [0.1, 0.15) is 30.5 Å². The number of fused-ring (bicyclic) bond motifs is 4. The van der Waals surface area contributed by atoms with Crippen molar-refractivity contribution in [1.82, 2.24) is 15.0 Å². The Labute approximate surface area is 297 Å². The highest BCUT2D eigenvalue weighted by atomic mass is 15.0. The van der Waals surface area contributed by atoms with E-state index in [1.165, 1.54) is 11.1 Å². The first-order chi connectivity index (χ1) is 25.0. The molecule has 0 saturated carbocycles. The van der Waals surface area contributed by atoms with Gasteiger partial charge in [-0.3, -0.25) is 0 Å². The summed E-state index contributed by atoms with van der Waals surface area (Å²) >= 11 is 0. The summed E-state index contributed by atoms with van der Waals surface area (Å²) in [7, 11) is 0. The van der Waals surface area contributed by atoms with Crippen LogP contribution >= 0.6 is 0 Å². The average molecular weight is 653 g/mol. The highest BCUT2D eigenvalue weighted by Crippen LogP contribution is 2.51. The molecule has 240 valence electrons. The molecule has 0 atom stereocenters. The smallest absolute Gasteiger partial charge is 0.164 e. The summed E-state index contributed by atoms with van der Waals surface area (Å²) in [5, 5.41) is 12.2. The van der Waals surface area contributed by atoms with E-state index in [1.807, 2.05) is 72.8 Å². The van der Waals surface area contributed by atoms with Crippen molar-refractivity contribution in [2.24, 2.45) is 0 Å². The van der Waals surface area contributed by atoms with Crippen LogP contribution in [-0.2, 0) is 5.41 Å². The lowest BCUT2D eigenvalue weighted by Gasteiger charge is -2.23. The third-order valence-electron chi connectivity index (χ3n) is 10.2. The second-order valence-electron chi connectivity index (χ2n) is 13.6. The Hall–Kier alpha value is -6.70. The molecule has 0 aliphatic heterocycles. The van der Waals surface area contributed by atoms with Crippen molar-refractivity contribution in [3.63, 3.8) is 0 Å². The second kappa shape index (κ2) is 12.0. The molecule has 4 nitrogen and oxygen atoms in total. The van der Waals surface area contributed by atoms with E-state index in [0.29, 0.717) is 17.5 Å². The quantitative estimate of drug-likeness (QED) is 0.186. The highest BCUT2D eigenvalue weighted by Gasteiger charge is 2.37. The van der Waals surface area contributed by atoms with Gasteiger partial charge in [0.2, 0.25) is 0 Å². The lowest BCUT2D eigenvalue weighted by Crippen LogP contribution is -2.16. The Kier molecular flexibility index (Phi) is 7.15. The van der Waals surface area contributed by atoms with Crippen LogP contribution in [0.5, 0.6) is 0 Å². The molecule has 1 aromatic heterocycles. The molecular formula is C47H32N4. The van der Waals surface area contributed by atoms with Gasteiger partial charge in [-0.25, -0.2) is 15.0 Å². The molecule has 0 saturated heterocycles. The van der Waals surface area contributed by atoms with E-state index in [0.717, 1.165) is 66.4 Å². The van der Waals surface area contributed by atoms with Crippen molar-refractivity contribution in [2.75, 3.05) is 0 Å². The maximum atomic E-state index is 9.89. The Balaban J connectivity index is 1.18. The standard InChI is InChI=1S/C47H32N4/c1-47(2)41-28-35(25-26-38(41)39-19-11-17-36(29-48)43(39)47)30-20-22-32(23-21-30)42-37-18-10-9-12-31(37)24-27-40(42)46-50-44(33-13-5-3-6-14-33)49-45(51-46)34-15-7-4-8-16-34/h3-28H,1-2H3. The number of aromatic nitrogens is 3. The van der Waals surface area contributed by atoms with Gasteiger partial charge in [-0.2, -0.15) is 5.26 Å². The van der Waals surface area contributed by atoms with Crippen LogP contribution in [0.2, 0.25) is 0 Å². The van der Waals surface area contributed by atoms with Gasteiger partial charge in [0.05, 0.1) is 11.6 Å². The van der Waals surface area contributed by atoms with Crippen molar-refractivity contribution < 1.29 is 0 Å². The number of hydrogen-bond donors (Lipinski definition) is 0. The fraction of sp³-hybridized carbons (Fsp3) is 0.0638. The fourth-order valence-electron chi connectivity index (χ4n) is 7.68. The van der Waals surface area contributed by atoms with Gasteiger partial charge in [0.1, 0.15) is 0 Å². The Morgan fingerprint density at radius 2 is 1.06 bits per heavy atom. The lowest BCUT2D eigenvalue weighted by molar-refractivity contribution is 0.658. The van der Waals surface area contributed by atoms with Crippen LogP contribution < -0.4 is 0 Å². The lowest BCUT2D eigenvalue weighted by atomic mass is 9.79. The molecule has 4 heteroatoms. The molecular weight excluding hydrogens is 621 g/mol. The third-order valence-corrected chi connectivity index (χ3v) is 10.2.